The maximum Gasteiger partial charge on any atom is 0.333 e. The van der Waals surface area contributed by atoms with E-state index in [9.17, 15) is 9.59 Å². The Balaban J connectivity index is 4.27. The Bertz CT molecular complexity index is 517. The van der Waals surface area contributed by atoms with E-state index in [-0.39, 0.29) is 11.9 Å². The van der Waals surface area contributed by atoms with Crippen LogP contribution in [0.4, 0.5) is 0 Å². The van der Waals surface area contributed by atoms with Crippen LogP contribution in [0.3, 0.4) is 0 Å². The molecule has 6 heteroatoms. The minimum Gasteiger partial charge on any atom is -0.461 e. The monoisotopic (exact) mass is 396 g/mol. The highest BCUT2D eigenvalue weighted by Gasteiger charge is 2.18. The van der Waals surface area contributed by atoms with Crippen LogP contribution in [0.1, 0.15) is 54.4 Å². The number of rotatable bonds is 15. The third-order valence-corrected chi connectivity index (χ3v) is 4.69. The van der Waals surface area contributed by atoms with Gasteiger partial charge in [-0.05, 0) is 60.5 Å². The zero-order valence-electron chi connectivity index (χ0n) is 18.8. The fourth-order valence-corrected chi connectivity index (χ4v) is 2.95. The molecule has 0 N–H and O–H groups in total. The fraction of sp³-hybridized carbons (Fsp3) is 0.727. The number of carbonyl (C=O) groups excluding carboxylic acids is 2. The molecule has 0 bridgehead atoms. The number of esters is 2. The highest BCUT2D eigenvalue weighted by atomic mass is 16.5. The average Bonchev–Trinajstić information content (AvgIpc) is 2.62. The van der Waals surface area contributed by atoms with Crippen molar-refractivity contribution < 1.29 is 19.1 Å². The Morgan fingerprint density at radius 2 is 1.39 bits per heavy atom. The highest BCUT2D eigenvalue weighted by molar-refractivity contribution is 5.87. The third-order valence-electron chi connectivity index (χ3n) is 4.69. The van der Waals surface area contributed by atoms with Crippen molar-refractivity contribution >= 4 is 11.9 Å². The van der Waals surface area contributed by atoms with Crippen LogP contribution in [0, 0.1) is 0 Å². The molecule has 0 amide bonds. The van der Waals surface area contributed by atoms with E-state index in [0.29, 0.717) is 43.0 Å². The SMILES string of the molecule is C=C(C)C(=O)OCCN(CC)CCCC(C)N(CCOC(=O)C(=C)C)C(C)C. The molecule has 0 aromatic carbocycles. The maximum absolute atomic E-state index is 11.5. The normalized spacial score (nSPS) is 12.3. The quantitative estimate of drug-likeness (QED) is 0.312. The second kappa shape index (κ2) is 14.4. The minimum atomic E-state index is -0.331. The van der Waals surface area contributed by atoms with Crippen LogP contribution in [0.5, 0.6) is 0 Å². The lowest BCUT2D eigenvalue weighted by atomic mass is 10.1. The second-order valence-corrected chi connectivity index (χ2v) is 7.59. The minimum absolute atomic E-state index is 0.329. The molecule has 0 aromatic rings. The summed E-state index contributed by atoms with van der Waals surface area (Å²) >= 11 is 0. The summed E-state index contributed by atoms with van der Waals surface area (Å²) in [6.45, 7) is 23.2. The summed E-state index contributed by atoms with van der Waals surface area (Å²) in [4.78, 5) is 27.6. The Morgan fingerprint density at radius 1 is 0.893 bits per heavy atom. The molecule has 0 aromatic heterocycles. The van der Waals surface area contributed by atoms with E-state index in [1.165, 1.54) is 0 Å². The Morgan fingerprint density at radius 3 is 1.82 bits per heavy atom. The van der Waals surface area contributed by atoms with Crippen molar-refractivity contribution in [2.24, 2.45) is 0 Å². The van der Waals surface area contributed by atoms with Crippen LogP contribution in [0.2, 0.25) is 0 Å². The lowest BCUT2D eigenvalue weighted by Crippen LogP contribution is -2.41. The van der Waals surface area contributed by atoms with E-state index in [2.05, 4.69) is 50.7 Å². The second-order valence-electron chi connectivity index (χ2n) is 7.59. The number of hydrogen-bond donors (Lipinski definition) is 0. The van der Waals surface area contributed by atoms with Crippen LogP contribution in [0.25, 0.3) is 0 Å². The van der Waals surface area contributed by atoms with E-state index < -0.39 is 0 Å². The summed E-state index contributed by atoms with van der Waals surface area (Å²) in [5, 5.41) is 0. The van der Waals surface area contributed by atoms with Gasteiger partial charge in [0.15, 0.2) is 0 Å². The number of ether oxygens (including phenoxy) is 2. The van der Waals surface area contributed by atoms with Crippen molar-refractivity contribution in [3.63, 3.8) is 0 Å². The molecule has 162 valence electrons. The molecule has 6 nitrogen and oxygen atoms in total. The molecule has 0 aliphatic heterocycles. The van der Waals surface area contributed by atoms with Gasteiger partial charge in [-0.25, -0.2) is 9.59 Å². The van der Waals surface area contributed by atoms with Gasteiger partial charge in [-0.2, -0.15) is 0 Å². The Labute approximate surface area is 171 Å². The Kier molecular flexibility index (Phi) is 13.5. The van der Waals surface area contributed by atoms with Gasteiger partial charge >= 0.3 is 11.9 Å². The fourth-order valence-electron chi connectivity index (χ4n) is 2.95. The van der Waals surface area contributed by atoms with E-state index in [1.807, 2.05) is 0 Å². The molecule has 0 fully saturated rings. The number of carbonyl (C=O) groups is 2. The summed E-state index contributed by atoms with van der Waals surface area (Å²) < 4.78 is 10.4. The van der Waals surface area contributed by atoms with Gasteiger partial charge in [0, 0.05) is 36.3 Å². The summed E-state index contributed by atoms with van der Waals surface area (Å²) in [5.74, 6) is -0.660. The van der Waals surface area contributed by atoms with Crippen LogP contribution in [-0.2, 0) is 19.1 Å². The lowest BCUT2D eigenvalue weighted by Gasteiger charge is -2.33. The lowest BCUT2D eigenvalue weighted by molar-refractivity contribution is -0.140. The van der Waals surface area contributed by atoms with Crippen molar-refractivity contribution in [1.29, 1.82) is 0 Å². The molecule has 0 heterocycles. The molecule has 0 rings (SSSR count). The van der Waals surface area contributed by atoms with Gasteiger partial charge in [0.05, 0.1) is 0 Å². The number of likely N-dealkylation sites (N-methyl/N-ethyl adjacent to an activating group) is 1. The predicted octanol–water partition coefficient (Wildman–Crippen LogP) is 3.43. The summed E-state index contributed by atoms with van der Waals surface area (Å²) in [5.41, 5.74) is 0.859. The van der Waals surface area contributed by atoms with Crippen LogP contribution < -0.4 is 0 Å². The van der Waals surface area contributed by atoms with Crippen molar-refractivity contribution in [3.8, 4) is 0 Å². The van der Waals surface area contributed by atoms with Crippen LogP contribution >= 0.6 is 0 Å². The van der Waals surface area contributed by atoms with Crippen LogP contribution in [0.15, 0.2) is 24.3 Å². The van der Waals surface area contributed by atoms with E-state index >= 15 is 0 Å². The van der Waals surface area contributed by atoms with Gasteiger partial charge in [-0.1, -0.05) is 20.1 Å². The van der Waals surface area contributed by atoms with E-state index in [0.717, 1.165) is 32.5 Å². The average molecular weight is 397 g/mol. The number of nitrogens with zero attached hydrogens (tertiary/aromatic N) is 2. The van der Waals surface area contributed by atoms with Crippen molar-refractivity contribution in [3.05, 3.63) is 24.3 Å². The summed E-state index contributed by atoms with van der Waals surface area (Å²) in [6, 6.07) is 0.769. The predicted molar refractivity (Wildman–Crippen MR) is 114 cm³/mol. The summed E-state index contributed by atoms with van der Waals surface area (Å²) in [6.07, 6.45) is 2.10. The van der Waals surface area contributed by atoms with Gasteiger partial charge in [-0.3, -0.25) is 4.90 Å². The molecule has 0 aliphatic carbocycles. The first kappa shape index (κ1) is 26.3. The van der Waals surface area contributed by atoms with Crippen molar-refractivity contribution in [2.45, 2.75) is 66.5 Å². The van der Waals surface area contributed by atoms with Crippen molar-refractivity contribution in [2.75, 3.05) is 39.4 Å². The Hall–Kier alpha value is -1.66. The molecular weight excluding hydrogens is 356 g/mol. The smallest absolute Gasteiger partial charge is 0.333 e. The van der Waals surface area contributed by atoms with E-state index in [1.54, 1.807) is 13.8 Å². The van der Waals surface area contributed by atoms with Gasteiger partial charge in [0.1, 0.15) is 13.2 Å². The topological polar surface area (TPSA) is 59.1 Å². The number of hydrogen-bond acceptors (Lipinski definition) is 6. The maximum atomic E-state index is 11.5. The molecule has 0 radical (unpaired) electrons. The zero-order chi connectivity index (χ0) is 21.7. The van der Waals surface area contributed by atoms with Gasteiger partial charge < -0.3 is 14.4 Å². The van der Waals surface area contributed by atoms with Crippen molar-refractivity contribution in [1.82, 2.24) is 9.80 Å². The van der Waals surface area contributed by atoms with Gasteiger partial charge in [0.25, 0.3) is 0 Å². The van der Waals surface area contributed by atoms with Gasteiger partial charge in [0.2, 0.25) is 0 Å². The molecule has 1 atom stereocenters. The highest BCUT2D eigenvalue weighted by Crippen LogP contribution is 2.11. The largest absolute Gasteiger partial charge is 0.461 e. The summed E-state index contributed by atoms with van der Waals surface area (Å²) in [7, 11) is 0. The van der Waals surface area contributed by atoms with Gasteiger partial charge in [-0.15, -0.1) is 0 Å². The first-order valence-electron chi connectivity index (χ1n) is 10.2. The molecule has 1 unspecified atom stereocenters. The first-order valence-corrected chi connectivity index (χ1v) is 10.2. The van der Waals surface area contributed by atoms with Crippen LogP contribution in [-0.4, -0.2) is 73.2 Å². The molecular formula is C22H40N2O4. The molecule has 0 saturated heterocycles. The molecule has 0 aliphatic rings. The molecule has 28 heavy (non-hydrogen) atoms. The first-order chi connectivity index (χ1) is 13.1. The zero-order valence-corrected chi connectivity index (χ0v) is 18.8. The molecule has 0 saturated carbocycles. The third kappa shape index (κ3) is 11.2. The standard InChI is InChI=1S/C22H40N2O4/c1-9-23(13-15-27-21(25)17(2)3)12-10-11-20(8)24(19(6)7)14-16-28-22(26)18(4)5/h19-20H,2,4,9-16H2,1,3,5-8H3. The van der Waals surface area contributed by atoms with E-state index in [4.69, 9.17) is 9.47 Å². The molecule has 0 spiro atoms.